The molecule has 0 radical (unpaired) electrons. The van der Waals surface area contributed by atoms with Crippen LogP contribution in [-0.4, -0.2) is 82.8 Å². The minimum absolute atomic E-state index is 0.0295. The fraction of sp³-hybridized carbons (Fsp3) is 0.400. The van der Waals surface area contributed by atoms with Crippen LogP contribution in [0, 0.1) is 28.5 Å². The first kappa shape index (κ1) is 33.0. The second kappa shape index (κ2) is 12.4. The van der Waals surface area contributed by atoms with Gasteiger partial charge in [0.1, 0.15) is 35.5 Å². The third kappa shape index (κ3) is 5.23. The molecule has 2 N–H and O–H groups in total. The number of thiophene rings is 1. The van der Waals surface area contributed by atoms with Crippen LogP contribution in [0.3, 0.4) is 0 Å². The summed E-state index contributed by atoms with van der Waals surface area (Å²) in [6.07, 6.45) is 3.11. The van der Waals surface area contributed by atoms with Crippen LogP contribution in [0.25, 0.3) is 32.1 Å². The molecule has 0 spiro atoms. The van der Waals surface area contributed by atoms with Gasteiger partial charge >= 0.3 is 6.01 Å². The maximum atomic E-state index is 15.0. The number of alkyl halides is 1. The molecule has 49 heavy (non-hydrogen) atoms. The Hall–Kier alpha value is -4.56. The Kier molecular flexibility index (Phi) is 8.34. The number of ether oxygens (including phenoxy) is 1. The molecule has 252 valence electrons. The summed E-state index contributed by atoms with van der Waals surface area (Å²) in [6, 6.07) is 8.36. The molecule has 4 atom stereocenters. The van der Waals surface area contributed by atoms with Gasteiger partial charge in [-0.3, -0.25) is 9.69 Å². The van der Waals surface area contributed by atoms with Crippen molar-refractivity contribution in [2.24, 2.45) is 0 Å². The largest absolute Gasteiger partial charge is 0.461 e. The standard InChI is InChI=1S/C35H33ClF2N8O2S/c1-4-26(47)46-11-8-25(18(46)2)44(3)33-22-12-19(14-39)27(21-6-7-24(38)31-28(21)23(15-40)32(41)49-31)29(36)30(22)42-34(43-33)48-17-35-9-5-10-45(35)16-20(37)13-35/h4,6-7,12,18,20,25H,1,5,8-11,13,16-17,41H2,2-3H3/t18?,20-,25?,35+/m1/s1. The molecule has 0 bridgehead atoms. The maximum Gasteiger partial charge on any atom is 0.319 e. The fourth-order valence-electron chi connectivity index (χ4n) is 8.06. The first-order valence-electron chi connectivity index (χ1n) is 16.0. The zero-order chi connectivity index (χ0) is 34.8. The van der Waals surface area contributed by atoms with Crippen LogP contribution in [0.4, 0.5) is 19.6 Å². The quantitative estimate of drug-likeness (QED) is 0.224. The van der Waals surface area contributed by atoms with Crippen LogP contribution in [-0.2, 0) is 4.79 Å². The Bertz CT molecular complexity index is 2130. The van der Waals surface area contributed by atoms with Crippen molar-refractivity contribution >= 4 is 60.7 Å². The number of hydrogen-bond donors (Lipinski definition) is 1. The first-order valence-corrected chi connectivity index (χ1v) is 17.2. The molecule has 4 aromatic rings. The molecule has 3 saturated heterocycles. The molecule has 1 amide bonds. The molecule has 2 aromatic heterocycles. The van der Waals surface area contributed by atoms with Crippen molar-refractivity contribution < 1.29 is 18.3 Å². The summed E-state index contributed by atoms with van der Waals surface area (Å²) in [5.74, 6) is -0.280. The van der Waals surface area contributed by atoms with E-state index in [0.29, 0.717) is 42.7 Å². The summed E-state index contributed by atoms with van der Waals surface area (Å²) in [4.78, 5) is 28.0. The van der Waals surface area contributed by atoms with Gasteiger partial charge in [-0.05, 0) is 56.5 Å². The summed E-state index contributed by atoms with van der Waals surface area (Å²) in [5, 5.41) is 21.4. The van der Waals surface area contributed by atoms with E-state index in [1.54, 1.807) is 11.0 Å². The van der Waals surface area contributed by atoms with Crippen molar-refractivity contribution in [2.75, 3.05) is 43.9 Å². The molecule has 10 nitrogen and oxygen atoms in total. The predicted molar refractivity (Wildman–Crippen MR) is 186 cm³/mol. The number of nitrogens with zero attached hydrogens (tertiary/aromatic N) is 7. The number of halogens is 3. The lowest BCUT2D eigenvalue weighted by Crippen LogP contribution is -2.44. The predicted octanol–water partition coefficient (Wildman–Crippen LogP) is 6.20. The van der Waals surface area contributed by atoms with E-state index >= 15 is 0 Å². The molecule has 2 aromatic carbocycles. The lowest BCUT2D eigenvalue weighted by molar-refractivity contribution is -0.126. The molecular formula is C35H33ClF2N8O2S. The van der Waals surface area contributed by atoms with Gasteiger partial charge < -0.3 is 20.3 Å². The number of likely N-dealkylation sites (tertiary alicyclic amines) is 1. The number of rotatable bonds is 7. The van der Waals surface area contributed by atoms with E-state index in [-0.39, 0.29) is 72.9 Å². The number of aromatic nitrogens is 2. The van der Waals surface area contributed by atoms with Gasteiger partial charge in [0.15, 0.2) is 0 Å². The third-order valence-corrected chi connectivity index (χ3v) is 11.8. The van der Waals surface area contributed by atoms with E-state index in [4.69, 9.17) is 32.0 Å². The van der Waals surface area contributed by atoms with Crippen LogP contribution in [0.1, 0.15) is 43.7 Å². The van der Waals surface area contributed by atoms with Crippen molar-refractivity contribution in [3.8, 4) is 29.3 Å². The average Bonchev–Trinajstić information content (AvgIpc) is 3.84. The van der Waals surface area contributed by atoms with Crippen molar-refractivity contribution in [1.29, 1.82) is 10.5 Å². The summed E-state index contributed by atoms with van der Waals surface area (Å²) in [7, 11) is 1.86. The highest BCUT2D eigenvalue weighted by atomic mass is 35.5. The molecule has 7 rings (SSSR count). The number of carbonyl (C=O) groups excluding carboxylic acids is 1. The number of nitrogen functional groups attached to an aromatic ring is 1. The van der Waals surface area contributed by atoms with Gasteiger partial charge in [-0.1, -0.05) is 24.2 Å². The van der Waals surface area contributed by atoms with E-state index in [9.17, 15) is 24.1 Å². The average molecular weight is 703 g/mol. The Morgan fingerprint density at radius 2 is 2.12 bits per heavy atom. The third-order valence-electron chi connectivity index (χ3n) is 10.4. The highest BCUT2D eigenvalue weighted by Crippen LogP contribution is 2.47. The van der Waals surface area contributed by atoms with Gasteiger partial charge in [0.05, 0.1) is 44.0 Å². The molecule has 3 fully saturated rings. The van der Waals surface area contributed by atoms with Crippen LogP contribution in [0.5, 0.6) is 6.01 Å². The second-order valence-electron chi connectivity index (χ2n) is 13.0. The smallest absolute Gasteiger partial charge is 0.319 e. The molecular weight excluding hydrogens is 670 g/mol. The first-order chi connectivity index (χ1) is 23.5. The second-order valence-corrected chi connectivity index (χ2v) is 14.4. The number of benzene rings is 2. The van der Waals surface area contributed by atoms with E-state index in [1.165, 1.54) is 18.2 Å². The van der Waals surface area contributed by atoms with E-state index in [2.05, 4.69) is 23.6 Å². The van der Waals surface area contributed by atoms with Gasteiger partial charge in [-0.25, -0.2) is 8.78 Å². The van der Waals surface area contributed by atoms with Crippen LogP contribution in [0.2, 0.25) is 5.02 Å². The van der Waals surface area contributed by atoms with E-state index in [1.807, 2.05) is 18.9 Å². The van der Waals surface area contributed by atoms with Gasteiger partial charge in [-0.2, -0.15) is 20.5 Å². The highest BCUT2D eigenvalue weighted by Gasteiger charge is 2.49. The zero-order valence-electron chi connectivity index (χ0n) is 27.0. The molecule has 3 aliphatic heterocycles. The normalized spacial score (nSPS) is 23.5. The molecule has 2 unspecified atom stereocenters. The maximum absolute atomic E-state index is 15.0. The Balaban J connectivity index is 1.41. The SMILES string of the molecule is C=CC(=O)N1CCC(N(C)c2nc(OC[C@@]34CCCN3C[C@H](F)C4)nc3c(Cl)c(-c4ccc(F)c5sc(N)c(C#N)c45)c(C#N)cc23)C1C. The molecule has 0 aliphatic carbocycles. The summed E-state index contributed by atoms with van der Waals surface area (Å²) in [6.45, 7) is 7.47. The number of nitrogens with two attached hydrogens (primary N) is 1. The summed E-state index contributed by atoms with van der Waals surface area (Å²) < 4.78 is 36.1. The fourth-order valence-corrected chi connectivity index (χ4v) is 9.36. The van der Waals surface area contributed by atoms with Crippen LogP contribution >= 0.6 is 22.9 Å². The number of likely N-dealkylation sites (N-methyl/N-ethyl adjacent to an activating group) is 1. The molecule has 14 heteroatoms. The topological polar surface area (TPSA) is 135 Å². The minimum Gasteiger partial charge on any atom is -0.461 e. The van der Waals surface area contributed by atoms with Crippen molar-refractivity contribution in [2.45, 2.75) is 56.4 Å². The lowest BCUT2D eigenvalue weighted by Gasteiger charge is -2.33. The lowest BCUT2D eigenvalue weighted by atomic mass is 9.93. The highest BCUT2D eigenvalue weighted by molar-refractivity contribution is 7.23. The zero-order valence-corrected chi connectivity index (χ0v) is 28.5. The van der Waals surface area contributed by atoms with Crippen LogP contribution < -0.4 is 15.4 Å². The Labute approximate surface area is 290 Å². The number of anilines is 2. The number of nitriles is 2. The van der Waals surface area contributed by atoms with Gasteiger partial charge in [0, 0.05) is 48.9 Å². The summed E-state index contributed by atoms with van der Waals surface area (Å²) in [5.41, 5.74) is 6.83. The minimum atomic E-state index is -0.938. The van der Waals surface area contributed by atoms with Crippen molar-refractivity contribution in [1.82, 2.24) is 19.8 Å². The Morgan fingerprint density at radius 3 is 2.86 bits per heavy atom. The van der Waals surface area contributed by atoms with E-state index in [0.717, 1.165) is 30.7 Å². The van der Waals surface area contributed by atoms with Gasteiger partial charge in [0.2, 0.25) is 5.91 Å². The van der Waals surface area contributed by atoms with Crippen molar-refractivity contribution in [3.05, 3.63) is 52.8 Å². The molecule has 3 aliphatic rings. The number of carbonyl (C=O) groups is 1. The number of hydrogen-bond acceptors (Lipinski definition) is 10. The van der Waals surface area contributed by atoms with Crippen LogP contribution in [0.15, 0.2) is 30.9 Å². The van der Waals surface area contributed by atoms with Gasteiger partial charge in [-0.15, -0.1) is 11.3 Å². The number of amides is 1. The molecule has 5 heterocycles. The van der Waals surface area contributed by atoms with Crippen molar-refractivity contribution in [3.63, 3.8) is 0 Å². The monoisotopic (exact) mass is 702 g/mol. The van der Waals surface area contributed by atoms with Gasteiger partial charge in [0.25, 0.3) is 0 Å². The number of fused-ring (bicyclic) bond motifs is 3. The van der Waals surface area contributed by atoms with E-state index < -0.39 is 17.5 Å². The summed E-state index contributed by atoms with van der Waals surface area (Å²) >= 11 is 8.17. The Morgan fingerprint density at radius 1 is 1.33 bits per heavy atom. The molecule has 0 saturated carbocycles.